The number of alkyl halides is 3. The number of rotatable bonds is 6. The van der Waals surface area contributed by atoms with Crippen LogP contribution in [0.25, 0.3) is 0 Å². The van der Waals surface area contributed by atoms with Crippen LogP contribution in [0, 0.1) is 10.1 Å². The van der Waals surface area contributed by atoms with Gasteiger partial charge in [-0.05, 0) is 12.1 Å². The number of amides is 1. The lowest BCUT2D eigenvalue weighted by atomic mass is 10.1. The quantitative estimate of drug-likeness (QED) is 0.476. The van der Waals surface area contributed by atoms with Gasteiger partial charge in [-0.1, -0.05) is 0 Å². The SMILES string of the molecule is CN(C)C(=O)COC(=O)CNc1ccc(C(F)(F)F)cc1[N+](=O)[O-]. The first-order valence-corrected chi connectivity index (χ1v) is 6.47. The third-order valence-corrected chi connectivity index (χ3v) is 2.80. The number of hydrogen-bond donors (Lipinski definition) is 1. The lowest BCUT2D eigenvalue weighted by Crippen LogP contribution is -2.29. The number of carbonyl (C=O) groups excluding carboxylic acids is 2. The number of likely N-dealkylation sites (N-methyl/N-ethyl adjacent to an activating group) is 1. The summed E-state index contributed by atoms with van der Waals surface area (Å²) in [5, 5.41) is 13.2. The van der Waals surface area contributed by atoms with Crippen molar-refractivity contribution in [2.75, 3.05) is 32.6 Å². The fourth-order valence-corrected chi connectivity index (χ4v) is 1.50. The number of ether oxygens (including phenoxy) is 1. The van der Waals surface area contributed by atoms with Gasteiger partial charge in [-0.2, -0.15) is 13.2 Å². The van der Waals surface area contributed by atoms with E-state index in [4.69, 9.17) is 0 Å². The molecule has 0 aromatic heterocycles. The van der Waals surface area contributed by atoms with Gasteiger partial charge in [0.2, 0.25) is 0 Å². The molecule has 0 aliphatic carbocycles. The largest absolute Gasteiger partial charge is 0.454 e. The summed E-state index contributed by atoms with van der Waals surface area (Å²) >= 11 is 0. The Labute approximate surface area is 134 Å². The zero-order chi connectivity index (χ0) is 18.5. The molecule has 24 heavy (non-hydrogen) atoms. The standard InChI is InChI=1S/C13H14F3N3O5/c1-18(2)11(20)7-24-12(21)6-17-9-4-3-8(13(14,15)16)5-10(9)19(22)23/h3-5,17H,6-7H2,1-2H3. The molecule has 11 heteroatoms. The second kappa shape index (κ2) is 7.62. The predicted molar refractivity (Wildman–Crippen MR) is 76.2 cm³/mol. The summed E-state index contributed by atoms with van der Waals surface area (Å²) in [5.74, 6) is -1.36. The first kappa shape index (κ1) is 19.2. The fourth-order valence-electron chi connectivity index (χ4n) is 1.50. The van der Waals surface area contributed by atoms with Crippen LogP contribution in [-0.4, -0.2) is 48.9 Å². The lowest BCUT2D eigenvalue weighted by Gasteiger charge is -2.12. The van der Waals surface area contributed by atoms with E-state index in [0.29, 0.717) is 12.1 Å². The molecule has 0 saturated carbocycles. The van der Waals surface area contributed by atoms with Crippen LogP contribution in [-0.2, 0) is 20.5 Å². The highest BCUT2D eigenvalue weighted by Crippen LogP contribution is 2.34. The Balaban J connectivity index is 2.76. The number of hydrogen-bond acceptors (Lipinski definition) is 6. The average Bonchev–Trinajstić information content (AvgIpc) is 2.49. The maximum Gasteiger partial charge on any atom is 0.416 e. The van der Waals surface area contributed by atoms with Crippen molar-refractivity contribution in [2.45, 2.75) is 6.18 Å². The lowest BCUT2D eigenvalue weighted by molar-refractivity contribution is -0.384. The molecule has 0 fully saturated rings. The first-order valence-electron chi connectivity index (χ1n) is 6.47. The van der Waals surface area contributed by atoms with Gasteiger partial charge in [0.05, 0.1) is 10.5 Å². The van der Waals surface area contributed by atoms with Crippen molar-refractivity contribution in [1.29, 1.82) is 0 Å². The van der Waals surface area contributed by atoms with Gasteiger partial charge in [-0.3, -0.25) is 19.7 Å². The number of nitro benzene ring substituents is 1. The van der Waals surface area contributed by atoms with Gasteiger partial charge in [0.25, 0.3) is 11.6 Å². The van der Waals surface area contributed by atoms with Gasteiger partial charge >= 0.3 is 12.1 Å². The Hall–Kier alpha value is -2.85. The molecule has 1 amide bonds. The molecular weight excluding hydrogens is 335 g/mol. The van der Waals surface area contributed by atoms with E-state index in [-0.39, 0.29) is 5.69 Å². The molecule has 0 aliphatic heterocycles. The normalized spacial score (nSPS) is 10.9. The van der Waals surface area contributed by atoms with Crippen LogP contribution < -0.4 is 5.32 Å². The maximum absolute atomic E-state index is 12.6. The van der Waals surface area contributed by atoms with Crippen molar-refractivity contribution in [3.05, 3.63) is 33.9 Å². The molecule has 0 saturated heterocycles. The van der Waals surface area contributed by atoms with E-state index >= 15 is 0 Å². The van der Waals surface area contributed by atoms with Crippen molar-refractivity contribution >= 4 is 23.3 Å². The Kier molecular flexibility index (Phi) is 6.09. The number of anilines is 1. The van der Waals surface area contributed by atoms with Crippen molar-refractivity contribution in [2.24, 2.45) is 0 Å². The third-order valence-electron chi connectivity index (χ3n) is 2.80. The minimum absolute atomic E-state index is 0.274. The number of nitrogens with zero attached hydrogens (tertiary/aromatic N) is 2. The van der Waals surface area contributed by atoms with E-state index in [0.717, 1.165) is 6.07 Å². The second-order valence-electron chi connectivity index (χ2n) is 4.79. The van der Waals surface area contributed by atoms with Gasteiger partial charge in [0.15, 0.2) is 6.61 Å². The van der Waals surface area contributed by atoms with Gasteiger partial charge in [0.1, 0.15) is 12.2 Å². The molecule has 1 aromatic carbocycles. The Bertz CT molecular complexity index is 646. The predicted octanol–water partition coefficient (Wildman–Crippen LogP) is 1.66. The minimum Gasteiger partial charge on any atom is -0.454 e. The number of esters is 1. The first-order chi connectivity index (χ1) is 11.0. The van der Waals surface area contributed by atoms with Crippen molar-refractivity contribution in [1.82, 2.24) is 4.90 Å². The van der Waals surface area contributed by atoms with Crippen LogP contribution >= 0.6 is 0 Å². The number of benzene rings is 1. The molecule has 0 bridgehead atoms. The van der Waals surface area contributed by atoms with Crippen molar-refractivity contribution in [3.63, 3.8) is 0 Å². The fraction of sp³-hybridized carbons (Fsp3) is 0.385. The topological polar surface area (TPSA) is 102 Å². The van der Waals surface area contributed by atoms with E-state index in [1.165, 1.54) is 19.0 Å². The molecule has 1 N–H and O–H groups in total. The van der Waals surface area contributed by atoms with Crippen LogP contribution in [0.3, 0.4) is 0 Å². The van der Waals surface area contributed by atoms with E-state index in [1.54, 1.807) is 0 Å². The van der Waals surface area contributed by atoms with Gasteiger partial charge in [-0.15, -0.1) is 0 Å². The minimum atomic E-state index is -4.73. The van der Waals surface area contributed by atoms with Crippen LogP contribution in [0.1, 0.15) is 5.56 Å². The molecule has 0 radical (unpaired) electrons. The summed E-state index contributed by atoms with van der Waals surface area (Å²) in [7, 11) is 2.92. The van der Waals surface area contributed by atoms with E-state index < -0.39 is 47.4 Å². The van der Waals surface area contributed by atoms with E-state index in [9.17, 15) is 32.9 Å². The van der Waals surface area contributed by atoms with Crippen LogP contribution in [0.2, 0.25) is 0 Å². The molecule has 132 valence electrons. The third kappa shape index (κ3) is 5.41. The molecule has 0 heterocycles. The monoisotopic (exact) mass is 349 g/mol. The Morgan fingerprint density at radius 1 is 1.33 bits per heavy atom. The highest BCUT2D eigenvalue weighted by Gasteiger charge is 2.33. The van der Waals surface area contributed by atoms with Crippen molar-refractivity contribution in [3.8, 4) is 0 Å². The molecule has 8 nitrogen and oxygen atoms in total. The van der Waals surface area contributed by atoms with Crippen molar-refractivity contribution < 1.29 is 32.4 Å². The maximum atomic E-state index is 12.6. The van der Waals surface area contributed by atoms with Gasteiger partial charge < -0.3 is 15.0 Å². The molecule has 1 aromatic rings. The number of nitro groups is 1. The summed E-state index contributed by atoms with van der Waals surface area (Å²) in [6.45, 7) is -1.06. The smallest absolute Gasteiger partial charge is 0.416 e. The van der Waals surface area contributed by atoms with E-state index in [2.05, 4.69) is 10.1 Å². The van der Waals surface area contributed by atoms with Crippen LogP contribution in [0.5, 0.6) is 0 Å². The second-order valence-corrected chi connectivity index (χ2v) is 4.79. The molecular formula is C13H14F3N3O5. The highest BCUT2D eigenvalue weighted by atomic mass is 19.4. The van der Waals surface area contributed by atoms with Gasteiger partial charge in [-0.25, -0.2) is 0 Å². The molecule has 0 unspecified atom stereocenters. The molecule has 0 atom stereocenters. The number of carbonyl (C=O) groups is 2. The van der Waals surface area contributed by atoms with Crippen LogP contribution in [0.15, 0.2) is 18.2 Å². The Morgan fingerprint density at radius 2 is 1.96 bits per heavy atom. The van der Waals surface area contributed by atoms with Crippen LogP contribution in [0.4, 0.5) is 24.5 Å². The number of halogens is 3. The summed E-state index contributed by atoms with van der Waals surface area (Å²) in [6, 6.07) is 1.86. The van der Waals surface area contributed by atoms with Gasteiger partial charge in [0, 0.05) is 20.2 Å². The molecule has 0 spiro atoms. The average molecular weight is 349 g/mol. The summed E-state index contributed by atoms with van der Waals surface area (Å²) < 4.78 is 42.3. The summed E-state index contributed by atoms with van der Waals surface area (Å²) in [4.78, 5) is 33.7. The molecule has 0 aliphatic rings. The highest BCUT2D eigenvalue weighted by molar-refractivity contribution is 5.82. The zero-order valence-corrected chi connectivity index (χ0v) is 12.7. The van der Waals surface area contributed by atoms with E-state index in [1.807, 2.05) is 0 Å². The Morgan fingerprint density at radius 3 is 2.46 bits per heavy atom. The number of nitrogens with one attached hydrogen (secondary N) is 1. The summed E-state index contributed by atoms with van der Waals surface area (Å²) in [6.07, 6.45) is -4.73. The zero-order valence-electron chi connectivity index (χ0n) is 12.7. The summed E-state index contributed by atoms with van der Waals surface area (Å²) in [5.41, 5.74) is -2.29. The molecule has 1 rings (SSSR count).